The van der Waals surface area contributed by atoms with Crippen LogP contribution in [0.25, 0.3) is 22.2 Å². The highest BCUT2D eigenvalue weighted by Gasteiger charge is 2.09. The summed E-state index contributed by atoms with van der Waals surface area (Å²) in [5.41, 5.74) is 4.70. The van der Waals surface area contributed by atoms with Crippen molar-refractivity contribution in [2.24, 2.45) is 0 Å². The van der Waals surface area contributed by atoms with Crippen molar-refractivity contribution in [3.05, 3.63) is 66.2 Å². The van der Waals surface area contributed by atoms with Crippen LogP contribution < -0.4 is 0 Å². The highest BCUT2D eigenvalue weighted by atomic mass is 14.7. The fourth-order valence-electron chi connectivity index (χ4n) is 2.45. The molecule has 0 saturated heterocycles. The standard InChI is InChI=1S/C18H17N/c1-13(2)15-8-4-5-9-16(15)18-12-11-14-7-3-6-10-17(14)19-18/h3-13H,1-2H3. The monoisotopic (exact) mass is 247 g/mol. The Bertz CT molecular complexity index is 713. The lowest BCUT2D eigenvalue weighted by Gasteiger charge is -2.12. The molecule has 0 spiro atoms. The number of benzene rings is 2. The van der Waals surface area contributed by atoms with Gasteiger partial charge >= 0.3 is 0 Å². The van der Waals surface area contributed by atoms with Crippen LogP contribution in [0, 0.1) is 0 Å². The summed E-state index contributed by atoms with van der Waals surface area (Å²) in [5, 5.41) is 1.19. The fourth-order valence-corrected chi connectivity index (χ4v) is 2.45. The van der Waals surface area contributed by atoms with Crippen LogP contribution in [0.15, 0.2) is 60.7 Å². The van der Waals surface area contributed by atoms with Crippen molar-refractivity contribution in [2.45, 2.75) is 19.8 Å². The van der Waals surface area contributed by atoms with Crippen molar-refractivity contribution >= 4 is 10.9 Å². The molecular formula is C18H17N. The van der Waals surface area contributed by atoms with Gasteiger partial charge in [0.15, 0.2) is 0 Å². The van der Waals surface area contributed by atoms with Gasteiger partial charge in [0.05, 0.1) is 11.2 Å². The minimum absolute atomic E-state index is 0.504. The Morgan fingerprint density at radius 1 is 0.789 bits per heavy atom. The van der Waals surface area contributed by atoms with Crippen LogP contribution in [0.3, 0.4) is 0 Å². The first kappa shape index (κ1) is 11.9. The lowest BCUT2D eigenvalue weighted by atomic mass is 9.95. The van der Waals surface area contributed by atoms with Gasteiger partial charge in [-0.25, -0.2) is 4.98 Å². The van der Waals surface area contributed by atoms with Crippen molar-refractivity contribution in [1.29, 1.82) is 0 Å². The molecule has 3 aromatic rings. The quantitative estimate of drug-likeness (QED) is 0.619. The second-order valence-corrected chi connectivity index (χ2v) is 5.13. The summed E-state index contributed by atoms with van der Waals surface area (Å²) in [5.74, 6) is 0.504. The Hall–Kier alpha value is -2.15. The first-order chi connectivity index (χ1) is 9.25. The number of hydrogen-bond donors (Lipinski definition) is 0. The molecule has 0 aliphatic rings. The van der Waals surface area contributed by atoms with Crippen LogP contribution in [0.5, 0.6) is 0 Å². The average molecular weight is 247 g/mol. The SMILES string of the molecule is CC(C)c1ccccc1-c1ccc2ccccc2n1. The minimum Gasteiger partial charge on any atom is -0.248 e. The van der Waals surface area contributed by atoms with Crippen molar-refractivity contribution in [2.75, 3.05) is 0 Å². The molecule has 0 atom stereocenters. The molecule has 2 aromatic carbocycles. The Morgan fingerprint density at radius 3 is 2.37 bits per heavy atom. The van der Waals surface area contributed by atoms with Gasteiger partial charge in [-0.3, -0.25) is 0 Å². The van der Waals surface area contributed by atoms with Gasteiger partial charge in [0.1, 0.15) is 0 Å². The molecule has 0 N–H and O–H groups in total. The maximum absolute atomic E-state index is 4.79. The molecule has 0 unspecified atom stereocenters. The third-order valence-corrected chi connectivity index (χ3v) is 3.46. The number of para-hydroxylation sites is 1. The summed E-state index contributed by atoms with van der Waals surface area (Å²) >= 11 is 0. The van der Waals surface area contributed by atoms with Crippen LogP contribution in [0.2, 0.25) is 0 Å². The maximum Gasteiger partial charge on any atom is 0.0712 e. The molecule has 0 aliphatic carbocycles. The fraction of sp³-hybridized carbons (Fsp3) is 0.167. The van der Waals surface area contributed by atoms with Crippen molar-refractivity contribution in [1.82, 2.24) is 4.98 Å². The van der Waals surface area contributed by atoms with Crippen LogP contribution in [0.1, 0.15) is 25.3 Å². The summed E-state index contributed by atoms with van der Waals surface area (Å²) in [6, 6.07) is 21.0. The lowest BCUT2D eigenvalue weighted by Crippen LogP contribution is -1.94. The van der Waals surface area contributed by atoms with Gasteiger partial charge in [0.25, 0.3) is 0 Å². The molecule has 1 heterocycles. The normalized spacial score (nSPS) is 11.1. The Labute approximate surface area is 113 Å². The molecule has 0 fully saturated rings. The van der Waals surface area contributed by atoms with Gasteiger partial charge in [-0.2, -0.15) is 0 Å². The summed E-state index contributed by atoms with van der Waals surface area (Å²) < 4.78 is 0. The molecule has 1 aromatic heterocycles. The number of hydrogen-bond acceptors (Lipinski definition) is 1. The maximum atomic E-state index is 4.79. The summed E-state index contributed by atoms with van der Waals surface area (Å²) in [4.78, 5) is 4.79. The van der Waals surface area contributed by atoms with Gasteiger partial charge < -0.3 is 0 Å². The number of fused-ring (bicyclic) bond motifs is 1. The van der Waals surface area contributed by atoms with E-state index in [9.17, 15) is 0 Å². The zero-order valence-electron chi connectivity index (χ0n) is 11.3. The van der Waals surface area contributed by atoms with E-state index in [2.05, 4.69) is 62.4 Å². The van der Waals surface area contributed by atoms with E-state index < -0.39 is 0 Å². The van der Waals surface area contributed by atoms with Gasteiger partial charge in [-0.1, -0.05) is 62.4 Å². The van der Waals surface area contributed by atoms with Crippen LogP contribution in [-0.4, -0.2) is 4.98 Å². The van der Waals surface area contributed by atoms with Crippen molar-refractivity contribution in [3.63, 3.8) is 0 Å². The van der Waals surface area contributed by atoms with E-state index in [1.54, 1.807) is 0 Å². The summed E-state index contributed by atoms with van der Waals surface area (Å²) in [7, 11) is 0. The first-order valence-corrected chi connectivity index (χ1v) is 6.71. The Balaban J connectivity index is 2.19. The molecule has 1 nitrogen and oxygen atoms in total. The summed E-state index contributed by atoms with van der Waals surface area (Å²) in [6.07, 6.45) is 0. The zero-order valence-corrected chi connectivity index (χ0v) is 11.3. The van der Waals surface area contributed by atoms with E-state index in [1.165, 1.54) is 16.5 Å². The molecular weight excluding hydrogens is 230 g/mol. The number of rotatable bonds is 2. The predicted octanol–water partition coefficient (Wildman–Crippen LogP) is 5.03. The first-order valence-electron chi connectivity index (χ1n) is 6.71. The van der Waals surface area contributed by atoms with Gasteiger partial charge in [-0.05, 0) is 23.6 Å². The van der Waals surface area contributed by atoms with Gasteiger partial charge in [0.2, 0.25) is 0 Å². The second kappa shape index (κ2) is 4.85. The van der Waals surface area contributed by atoms with Crippen molar-refractivity contribution < 1.29 is 0 Å². The van der Waals surface area contributed by atoms with Crippen LogP contribution >= 0.6 is 0 Å². The summed E-state index contributed by atoms with van der Waals surface area (Å²) in [6.45, 7) is 4.44. The second-order valence-electron chi connectivity index (χ2n) is 5.13. The molecule has 94 valence electrons. The van der Waals surface area contributed by atoms with Crippen LogP contribution in [-0.2, 0) is 0 Å². The minimum atomic E-state index is 0.504. The average Bonchev–Trinajstić information content (AvgIpc) is 2.46. The number of nitrogens with zero attached hydrogens (tertiary/aromatic N) is 1. The zero-order chi connectivity index (χ0) is 13.2. The molecule has 19 heavy (non-hydrogen) atoms. The van der Waals surface area contributed by atoms with E-state index >= 15 is 0 Å². The van der Waals surface area contributed by atoms with Crippen molar-refractivity contribution in [3.8, 4) is 11.3 Å². The molecule has 0 aliphatic heterocycles. The Kier molecular flexibility index (Phi) is 3.04. The van der Waals surface area contributed by atoms with E-state index in [1.807, 2.05) is 12.1 Å². The van der Waals surface area contributed by atoms with Gasteiger partial charge in [-0.15, -0.1) is 0 Å². The molecule has 0 saturated carbocycles. The van der Waals surface area contributed by atoms with Crippen LogP contribution in [0.4, 0.5) is 0 Å². The van der Waals surface area contributed by atoms with E-state index in [-0.39, 0.29) is 0 Å². The van der Waals surface area contributed by atoms with E-state index in [4.69, 9.17) is 4.98 Å². The highest BCUT2D eigenvalue weighted by molar-refractivity contribution is 5.81. The molecule has 1 heteroatoms. The smallest absolute Gasteiger partial charge is 0.0712 e. The Morgan fingerprint density at radius 2 is 1.53 bits per heavy atom. The molecule has 0 radical (unpaired) electrons. The topological polar surface area (TPSA) is 12.9 Å². The number of pyridine rings is 1. The molecule has 3 rings (SSSR count). The van der Waals surface area contributed by atoms with E-state index in [0.29, 0.717) is 5.92 Å². The predicted molar refractivity (Wildman–Crippen MR) is 81.3 cm³/mol. The molecule has 0 bridgehead atoms. The van der Waals surface area contributed by atoms with E-state index in [0.717, 1.165) is 11.2 Å². The third-order valence-electron chi connectivity index (χ3n) is 3.46. The largest absolute Gasteiger partial charge is 0.248 e. The lowest BCUT2D eigenvalue weighted by molar-refractivity contribution is 0.868. The van der Waals surface area contributed by atoms with Gasteiger partial charge in [0, 0.05) is 10.9 Å². The third kappa shape index (κ3) is 2.24. The highest BCUT2D eigenvalue weighted by Crippen LogP contribution is 2.28. The molecule has 0 amide bonds. The number of aromatic nitrogens is 1.